The maximum absolute atomic E-state index is 11.5. The molecule has 0 bridgehead atoms. The fraction of sp³-hybridized carbons (Fsp3) is 0.667. The van der Waals surface area contributed by atoms with Gasteiger partial charge in [0.25, 0.3) is 0 Å². The molecule has 0 aliphatic carbocycles. The highest BCUT2D eigenvalue weighted by Gasteiger charge is 2.20. The lowest BCUT2D eigenvalue weighted by Gasteiger charge is -2.12. The van der Waals surface area contributed by atoms with Gasteiger partial charge in [-0.1, -0.05) is 13.8 Å². The van der Waals surface area contributed by atoms with Crippen LogP contribution in [0.15, 0.2) is 6.33 Å². The lowest BCUT2D eigenvalue weighted by atomic mass is 10.0. The van der Waals surface area contributed by atoms with Crippen LogP contribution in [0.1, 0.15) is 19.7 Å². The van der Waals surface area contributed by atoms with Crippen molar-refractivity contribution in [2.24, 2.45) is 13.0 Å². The van der Waals surface area contributed by atoms with Gasteiger partial charge in [0.2, 0.25) is 0 Å². The minimum absolute atomic E-state index is 0.0595. The molecule has 1 aromatic heterocycles. The third-order valence-corrected chi connectivity index (χ3v) is 2.10. The molecule has 0 amide bonds. The van der Waals surface area contributed by atoms with Crippen molar-refractivity contribution >= 4 is 5.78 Å². The number of hydrogen-bond donors (Lipinski definition) is 1. The van der Waals surface area contributed by atoms with E-state index < -0.39 is 6.10 Å². The molecule has 0 fully saturated rings. The van der Waals surface area contributed by atoms with Crippen LogP contribution in [0.4, 0.5) is 0 Å². The van der Waals surface area contributed by atoms with Crippen LogP contribution in [-0.4, -0.2) is 31.8 Å². The smallest absolute Gasteiger partial charge is 0.169 e. The van der Waals surface area contributed by atoms with Crippen molar-refractivity contribution in [3.8, 4) is 0 Å². The van der Waals surface area contributed by atoms with Crippen molar-refractivity contribution < 1.29 is 9.90 Å². The Balaban J connectivity index is 2.62. The van der Waals surface area contributed by atoms with Crippen molar-refractivity contribution in [1.29, 1.82) is 0 Å². The predicted octanol–water partition coefficient (Wildman–Crippen LogP) is -0.0564. The molecule has 0 radical (unpaired) electrons. The average Bonchev–Trinajstić information content (AvgIpc) is 2.50. The zero-order valence-electron chi connectivity index (χ0n) is 8.64. The molecule has 0 aromatic carbocycles. The zero-order chi connectivity index (χ0) is 10.7. The number of Topliss-reactive ketones (excluding diaryl/α,β-unsaturated/α-hetero) is 1. The Labute approximate surface area is 82.8 Å². The number of carbonyl (C=O) groups is 1. The maximum Gasteiger partial charge on any atom is 0.169 e. The van der Waals surface area contributed by atoms with Crippen LogP contribution in [0.25, 0.3) is 0 Å². The molecule has 5 nitrogen and oxygen atoms in total. The number of ketones is 1. The summed E-state index contributed by atoms with van der Waals surface area (Å²) in [7, 11) is 1.72. The lowest BCUT2D eigenvalue weighted by Crippen LogP contribution is -2.28. The first-order valence-electron chi connectivity index (χ1n) is 4.56. The van der Waals surface area contributed by atoms with E-state index in [-0.39, 0.29) is 18.1 Å². The Hall–Kier alpha value is -1.23. The number of rotatable bonds is 4. The first-order valence-corrected chi connectivity index (χ1v) is 4.56. The maximum atomic E-state index is 11.5. The van der Waals surface area contributed by atoms with Gasteiger partial charge in [-0.2, -0.15) is 5.10 Å². The van der Waals surface area contributed by atoms with Gasteiger partial charge in [0.1, 0.15) is 18.3 Å². The minimum Gasteiger partial charge on any atom is -0.385 e. The summed E-state index contributed by atoms with van der Waals surface area (Å²) in [5, 5.41) is 13.3. The molecule has 1 N–H and O–H groups in total. The standard InChI is InChI=1S/C9H15N3O2/c1-6(2)9(14)7(13)4-8-10-5-11-12(8)3/h5-6,9,14H,4H2,1-3H3. The van der Waals surface area contributed by atoms with Gasteiger partial charge in [-0.3, -0.25) is 9.48 Å². The fourth-order valence-electron chi connectivity index (χ4n) is 1.11. The van der Waals surface area contributed by atoms with Gasteiger partial charge in [0.05, 0.1) is 6.42 Å². The number of aliphatic hydroxyl groups excluding tert-OH is 1. The number of hydrogen-bond acceptors (Lipinski definition) is 4. The summed E-state index contributed by atoms with van der Waals surface area (Å²) < 4.78 is 1.53. The molecule has 1 unspecified atom stereocenters. The number of nitrogens with zero attached hydrogens (tertiary/aromatic N) is 3. The molecule has 1 atom stereocenters. The van der Waals surface area contributed by atoms with Gasteiger partial charge in [-0.05, 0) is 5.92 Å². The Kier molecular flexibility index (Phi) is 3.35. The first-order chi connectivity index (χ1) is 6.52. The van der Waals surface area contributed by atoms with E-state index in [1.165, 1.54) is 11.0 Å². The van der Waals surface area contributed by atoms with Gasteiger partial charge >= 0.3 is 0 Å². The largest absolute Gasteiger partial charge is 0.385 e. The van der Waals surface area contributed by atoms with Gasteiger partial charge in [0.15, 0.2) is 5.78 Å². The van der Waals surface area contributed by atoms with Crippen LogP contribution in [0.3, 0.4) is 0 Å². The quantitative estimate of drug-likeness (QED) is 0.734. The monoisotopic (exact) mass is 197 g/mol. The molecule has 1 rings (SSSR count). The Bertz CT molecular complexity index is 320. The van der Waals surface area contributed by atoms with Crippen molar-refractivity contribution in [2.45, 2.75) is 26.4 Å². The SMILES string of the molecule is CC(C)C(O)C(=O)Cc1ncnn1C. The molecular weight excluding hydrogens is 182 g/mol. The van der Waals surface area contributed by atoms with Crippen LogP contribution < -0.4 is 0 Å². The van der Waals surface area contributed by atoms with Crippen molar-refractivity contribution in [1.82, 2.24) is 14.8 Å². The summed E-state index contributed by atoms with van der Waals surface area (Å²) in [4.78, 5) is 15.4. The summed E-state index contributed by atoms with van der Waals surface area (Å²) in [5.41, 5.74) is 0. The summed E-state index contributed by atoms with van der Waals surface area (Å²) in [6.45, 7) is 3.61. The highest BCUT2D eigenvalue weighted by molar-refractivity contribution is 5.84. The number of carbonyl (C=O) groups excluding carboxylic acids is 1. The van der Waals surface area contributed by atoms with Gasteiger partial charge in [-0.25, -0.2) is 4.98 Å². The number of aryl methyl sites for hydroxylation is 1. The third kappa shape index (κ3) is 2.38. The second-order valence-corrected chi connectivity index (χ2v) is 3.63. The summed E-state index contributed by atoms with van der Waals surface area (Å²) in [5.74, 6) is 0.307. The molecule has 0 spiro atoms. The van der Waals surface area contributed by atoms with Crippen molar-refractivity contribution in [3.63, 3.8) is 0 Å². The summed E-state index contributed by atoms with van der Waals surface area (Å²) >= 11 is 0. The second kappa shape index (κ2) is 4.32. The fourth-order valence-corrected chi connectivity index (χ4v) is 1.11. The first kappa shape index (κ1) is 10.8. The molecule has 78 valence electrons. The van der Waals surface area contributed by atoms with Crippen LogP contribution in [0.2, 0.25) is 0 Å². The van der Waals surface area contributed by atoms with E-state index in [0.29, 0.717) is 5.82 Å². The van der Waals surface area contributed by atoms with E-state index in [1.54, 1.807) is 20.9 Å². The molecule has 1 heterocycles. The molecule has 0 aliphatic rings. The van der Waals surface area contributed by atoms with Gasteiger partial charge < -0.3 is 5.11 Å². The topological polar surface area (TPSA) is 68.0 Å². The van der Waals surface area contributed by atoms with E-state index in [0.717, 1.165) is 0 Å². The van der Waals surface area contributed by atoms with Crippen molar-refractivity contribution in [2.75, 3.05) is 0 Å². The Morgan fingerprint density at radius 1 is 1.64 bits per heavy atom. The van der Waals surface area contributed by atoms with E-state index in [1.807, 2.05) is 0 Å². The predicted molar refractivity (Wildman–Crippen MR) is 50.6 cm³/mol. The highest BCUT2D eigenvalue weighted by Crippen LogP contribution is 2.05. The van der Waals surface area contributed by atoms with Gasteiger partial charge in [-0.15, -0.1) is 0 Å². The van der Waals surface area contributed by atoms with E-state index in [9.17, 15) is 9.90 Å². The van der Waals surface area contributed by atoms with Gasteiger partial charge in [0, 0.05) is 7.05 Å². The Morgan fingerprint density at radius 3 is 2.71 bits per heavy atom. The molecule has 0 saturated heterocycles. The molecule has 0 aliphatic heterocycles. The molecular formula is C9H15N3O2. The average molecular weight is 197 g/mol. The van der Waals surface area contributed by atoms with E-state index in [2.05, 4.69) is 10.1 Å². The van der Waals surface area contributed by atoms with Crippen LogP contribution in [0, 0.1) is 5.92 Å². The third-order valence-electron chi connectivity index (χ3n) is 2.10. The van der Waals surface area contributed by atoms with Crippen molar-refractivity contribution in [3.05, 3.63) is 12.2 Å². The number of aromatic nitrogens is 3. The molecule has 1 aromatic rings. The molecule has 0 saturated carbocycles. The zero-order valence-corrected chi connectivity index (χ0v) is 8.64. The minimum atomic E-state index is -0.910. The lowest BCUT2D eigenvalue weighted by molar-refractivity contribution is -0.128. The normalized spacial score (nSPS) is 13.2. The van der Waals surface area contributed by atoms with Crippen LogP contribution in [0.5, 0.6) is 0 Å². The van der Waals surface area contributed by atoms with Crippen LogP contribution in [-0.2, 0) is 18.3 Å². The second-order valence-electron chi connectivity index (χ2n) is 3.63. The van der Waals surface area contributed by atoms with Crippen LogP contribution >= 0.6 is 0 Å². The highest BCUT2D eigenvalue weighted by atomic mass is 16.3. The summed E-state index contributed by atoms with van der Waals surface area (Å²) in [6, 6.07) is 0. The van der Waals surface area contributed by atoms with E-state index >= 15 is 0 Å². The molecule has 5 heteroatoms. The number of aliphatic hydroxyl groups is 1. The summed E-state index contributed by atoms with van der Waals surface area (Å²) in [6.07, 6.45) is 0.618. The Morgan fingerprint density at radius 2 is 2.29 bits per heavy atom. The molecule has 14 heavy (non-hydrogen) atoms. The van der Waals surface area contributed by atoms with E-state index in [4.69, 9.17) is 0 Å².